The van der Waals surface area contributed by atoms with Crippen molar-refractivity contribution in [2.75, 3.05) is 32.6 Å². The van der Waals surface area contributed by atoms with Crippen LogP contribution in [0.15, 0.2) is 78.5 Å². The van der Waals surface area contributed by atoms with Gasteiger partial charge in [0, 0.05) is 24.4 Å². The number of nitrogens with zero attached hydrogens (tertiary/aromatic N) is 2. The smallest absolute Gasteiger partial charge is 0.322 e. The first-order valence-corrected chi connectivity index (χ1v) is 10.6. The van der Waals surface area contributed by atoms with Gasteiger partial charge in [-0.15, -0.1) is 0 Å². The fourth-order valence-corrected chi connectivity index (χ4v) is 3.82. The normalized spacial score (nSPS) is 17.0. The number of urea groups is 1. The van der Waals surface area contributed by atoms with Crippen LogP contribution >= 0.6 is 0 Å². The minimum absolute atomic E-state index is 0.00192. The summed E-state index contributed by atoms with van der Waals surface area (Å²) in [5, 5.41) is 2.91. The van der Waals surface area contributed by atoms with Gasteiger partial charge in [-0.05, 0) is 35.9 Å². The third-order valence-electron chi connectivity index (χ3n) is 5.55. The molecule has 168 valence electrons. The molecule has 0 spiro atoms. The molecule has 1 N–H and O–H groups in total. The second kappa shape index (κ2) is 9.99. The molecule has 2 amide bonds. The van der Waals surface area contributed by atoms with Gasteiger partial charge in [0.2, 0.25) is 0 Å². The van der Waals surface area contributed by atoms with Gasteiger partial charge in [0.25, 0.3) is 0 Å². The maximum absolute atomic E-state index is 13.3. The lowest BCUT2D eigenvalue weighted by atomic mass is 9.86. The van der Waals surface area contributed by atoms with Crippen LogP contribution in [0.5, 0.6) is 11.5 Å². The van der Waals surface area contributed by atoms with Crippen molar-refractivity contribution in [2.45, 2.75) is 5.92 Å². The van der Waals surface area contributed by atoms with Crippen LogP contribution in [0.3, 0.4) is 0 Å². The highest BCUT2D eigenvalue weighted by atomic mass is 16.5. The van der Waals surface area contributed by atoms with Crippen molar-refractivity contribution in [1.29, 1.82) is 0 Å². The van der Waals surface area contributed by atoms with E-state index >= 15 is 0 Å². The molecule has 1 aromatic heterocycles. The van der Waals surface area contributed by atoms with E-state index in [2.05, 4.69) is 10.3 Å². The van der Waals surface area contributed by atoms with Gasteiger partial charge in [0.05, 0.1) is 38.1 Å². The van der Waals surface area contributed by atoms with Crippen LogP contribution in [0.2, 0.25) is 0 Å². The summed E-state index contributed by atoms with van der Waals surface area (Å²) in [5.41, 5.74) is 2.60. The number of anilines is 1. The van der Waals surface area contributed by atoms with Crippen molar-refractivity contribution in [3.8, 4) is 11.5 Å². The molecule has 0 radical (unpaired) electrons. The third-order valence-corrected chi connectivity index (χ3v) is 5.55. The topological polar surface area (TPSA) is 80.8 Å². The molecule has 7 nitrogen and oxygen atoms in total. The van der Waals surface area contributed by atoms with Crippen LogP contribution in [-0.2, 0) is 4.79 Å². The third kappa shape index (κ3) is 5.03. The summed E-state index contributed by atoms with van der Waals surface area (Å²) in [6, 6.07) is 19.9. The Hall–Kier alpha value is -4.13. The van der Waals surface area contributed by atoms with Crippen molar-refractivity contribution < 1.29 is 19.1 Å². The fraction of sp³-hybridized carbons (Fsp3) is 0.192. The molecule has 1 fully saturated rings. The number of rotatable bonds is 5. The molecule has 1 atom stereocenters. The van der Waals surface area contributed by atoms with Crippen molar-refractivity contribution in [2.24, 2.45) is 0 Å². The summed E-state index contributed by atoms with van der Waals surface area (Å²) < 4.78 is 10.6. The number of piperidine rings is 1. The number of benzene rings is 2. The lowest BCUT2D eigenvalue weighted by Gasteiger charge is -2.33. The van der Waals surface area contributed by atoms with Gasteiger partial charge in [0.1, 0.15) is 11.5 Å². The van der Waals surface area contributed by atoms with E-state index in [1.165, 1.54) is 7.11 Å². The second-order valence-corrected chi connectivity index (χ2v) is 7.63. The summed E-state index contributed by atoms with van der Waals surface area (Å²) >= 11 is 0. The number of hydrogen-bond donors (Lipinski definition) is 1. The van der Waals surface area contributed by atoms with E-state index in [0.29, 0.717) is 28.5 Å². The maximum Gasteiger partial charge on any atom is 0.322 e. The number of ketones is 1. The number of likely N-dealkylation sites (tertiary alicyclic amines) is 1. The molecule has 0 aliphatic carbocycles. The number of amides is 2. The average molecular weight is 444 g/mol. The van der Waals surface area contributed by atoms with Gasteiger partial charge in [-0.3, -0.25) is 9.78 Å². The van der Waals surface area contributed by atoms with E-state index in [9.17, 15) is 9.59 Å². The highest BCUT2D eigenvalue weighted by molar-refractivity contribution is 6.06. The zero-order valence-corrected chi connectivity index (χ0v) is 18.5. The van der Waals surface area contributed by atoms with Gasteiger partial charge >= 0.3 is 6.03 Å². The van der Waals surface area contributed by atoms with Crippen LogP contribution in [0, 0.1) is 0 Å². The molecule has 2 aromatic carbocycles. The molecule has 4 rings (SSSR count). The first-order valence-electron chi connectivity index (χ1n) is 10.6. The Morgan fingerprint density at radius 2 is 1.85 bits per heavy atom. The molecule has 0 bridgehead atoms. The van der Waals surface area contributed by atoms with Gasteiger partial charge in [-0.2, -0.15) is 0 Å². The second-order valence-electron chi connectivity index (χ2n) is 7.63. The number of ether oxygens (including phenoxy) is 2. The minimum atomic E-state index is -0.460. The highest BCUT2D eigenvalue weighted by Gasteiger charge is 2.34. The molecular weight excluding hydrogens is 418 g/mol. The van der Waals surface area contributed by atoms with E-state index in [1.807, 2.05) is 48.5 Å². The highest BCUT2D eigenvalue weighted by Crippen LogP contribution is 2.31. The lowest BCUT2D eigenvalue weighted by Crippen LogP contribution is -2.46. The largest absolute Gasteiger partial charge is 0.497 e. The molecule has 7 heteroatoms. The van der Waals surface area contributed by atoms with E-state index in [-0.39, 0.29) is 24.9 Å². The predicted molar refractivity (Wildman–Crippen MR) is 127 cm³/mol. The number of methoxy groups -OCH3 is 2. The summed E-state index contributed by atoms with van der Waals surface area (Å²) in [4.78, 5) is 32.5. The molecule has 1 unspecified atom stereocenters. The van der Waals surface area contributed by atoms with Crippen molar-refractivity contribution in [1.82, 2.24) is 9.88 Å². The summed E-state index contributed by atoms with van der Waals surface area (Å²) in [7, 11) is 3.10. The number of carbonyl (C=O) groups excluding carboxylic acids is 2. The SMILES string of the molecule is COc1ccc(NC(=O)N2CC(=Cc3ccccn3)C(=O)C(c3ccccc3)C2)c(OC)c1. The Labute approximate surface area is 192 Å². The fourth-order valence-electron chi connectivity index (χ4n) is 3.82. The number of carbonyl (C=O) groups is 2. The summed E-state index contributed by atoms with van der Waals surface area (Å²) in [6.45, 7) is 0.454. The standard InChI is InChI=1S/C26H25N3O4/c1-32-21-11-12-23(24(15-21)33-2)28-26(31)29-16-19(14-20-10-6-7-13-27-20)25(30)22(17-29)18-8-4-3-5-9-18/h3-15,22H,16-17H2,1-2H3,(H,28,31). The molecule has 3 aromatic rings. The van der Waals surface area contributed by atoms with E-state index in [4.69, 9.17) is 9.47 Å². The summed E-state index contributed by atoms with van der Waals surface area (Å²) in [6.07, 6.45) is 3.43. The predicted octanol–water partition coefficient (Wildman–Crippen LogP) is 4.38. The molecule has 1 aliphatic rings. The number of aromatic nitrogens is 1. The molecule has 33 heavy (non-hydrogen) atoms. The Balaban J connectivity index is 1.63. The molecule has 0 saturated carbocycles. The van der Waals surface area contributed by atoms with Gasteiger partial charge < -0.3 is 19.7 Å². The minimum Gasteiger partial charge on any atom is -0.497 e. The zero-order chi connectivity index (χ0) is 23.2. The van der Waals surface area contributed by atoms with Crippen molar-refractivity contribution in [3.05, 3.63) is 89.8 Å². The summed E-state index contributed by atoms with van der Waals surface area (Å²) in [5.74, 6) is 0.647. The average Bonchev–Trinajstić information content (AvgIpc) is 2.86. The van der Waals surface area contributed by atoms with Crippen LogP contribution in [0.4, 0.5) is 10.5 Å². The molecule has 2 heterocycles. The van der Waals surface area contributed by atoms with Gasteiger partial charge in [-0.25, -0.2) is 4.79 Å². The van der Waals surface area contributed by atoms with Crippen molar-refractivity contribution >= 4 is 23.6 Å². The maximum atomic E-state index is 13.3. The number of pyridine rings is 1. The zero-order valence-electron chi connectivity index (χ0n) is 18.5. The number of nitrogens with one attached hydrogen (secondary N) is 1. The van der Waals surface area contributed by atoms with Crippen LogP contribution in [-0.4, -0.2) is 49.0 Å². The van der Waals surface area contributed by atoms with Crippen LogP contribution in [0.1, 0.15) is 17.2 Å². The Morgan fingerprint density at radius 3 is 2.55 bits per heavy atom. The van der Waals surface area contributed by atoms with E-state index in [1.54, 1.807) is 42.5 Å². The molecular formula is C26H25N3O4. The van der Waals surface area contributed by atoms with Crippen molar-refractivity contribution in [3.63, 3.8) is 0 Å². The van der Waals surface area contributed by atoms with Gasteiger partial charge in [-0.1, -0.05) is 36.4 Å². The number of Topliss-reactive ketones (excluding diaryl/α,β-unsaturated/α-hetero) is 1. The van der Waals surface area contributed by atoms with E-state index in [0.717, 1.165) is 5.56 Å². The first-order chi connectivity index (χ1) is 16.1. The Bertz CT molecular complexity index is 1160. The quantitative estimate of drug-likeness (QED) is 0.592. The first kappa shape index (κ1) is 22.1. The lowest BCUT2D eigenvalue weighted by molar-refractivity contribution is -0.118. The van der Waals surface area contributed by atoms with Crippen LogP contribution in [0.25, 0.3) is 6.08 Å². The number of hydrogen-bond acceptors (Lipinski definition) is 5. The Kier molecular flexibility index (Phi) is 6.69. The monoisotopic (exact) mass is 443 g/mol. The van der Waals surface area contributed by atoms with Crippen LogP contribution < -0.4 is 14.8 Å². The molecule has 1 saturated heterocycles. The van der Waals surface area contributed by atoms with Gasteiger partial charge in [0.15, 0.2) is 5.78 Å². The van der Waals surface area contributed by atoms with E-state index < -0.39 is 5.92 Å². The Morgan fingerprint density at radius 1 is 1.06 bits per heavy atom. The molecule has 1 aliphatic heterocycles.